The van der Waals surface area contributed by atoms with Gasteiger partial charge in [0.1, 0.15) is 12.7 Å². The van der Waals surface area contributed by atoms with E-state index in [-0.39, 0.29) is 23.0 Å². The van der Waals surface area contributed by atoms with Crippen molar-refractivity contribution in [1.82, 2.24) is 14.8 Å². The highest BCUT2D eigenvalue weighted by atomic mass is 16.5. The molecule has 0 spiro atoms. The van der Waals surface area contributed by atoms with Crippen LogP contribution in [0.3, 0.4) is 0 Å². The smallest absolute Gasteiger partial charge is 0.137 e. The summed E-state index contributed by atoms with van der Waals surface area (Å²) in [6.45, 7) is 17.8. The molecule has 0 N–H and O–H groups in total. The van der Waals surface area contributed by atoms with Gasteiger partial charge in [0.25, 0.3) is 0 Å². The quantitative estimate of drug-likeness (QED) is 0.588. The summed E-state index contributed by atoms with van der Waals surface area (Å²) >= 11 is 0. The van der Waals surface area contributed by atoms with Crippen LogP contribution in [0.1, 0.15) is 65.1 Å². The van der Waals surface area contributed by atoms with Crippen LogP contribution in [-0.4, -0.2) is 27.5 Å². The Morgan fingerprint density at radius 3 is 2.41 bits per heavy atom. The normalized spacial score (nSPS) is 14.7. The zero-order chi connectivity index (χ0) is 20.1. The van der Waals surface area contributed by atoms with Crippen LogP contribution < -0.4 is 0 Å². The maximum atomic E-state index is 6.22. The number of ether oxygens (including phenoxy) is 1. The van der Waals surface area contributed by atoms with E-state index in [1.54, 1.807) is 12.7 Å². The summed E-state index contributed by atoms with van der Waals surface area (Å²) in [4.78, 5) is 4.18. The molecule has 2 unspecified atom stereocenters. The van der Waals surface area contributed by atoms with E-state index in [1.807, 2.05) is 10.8 Å². The van der Waals surface area contributed by atoms with Crippen molar-refractivity contribution in [2.75, 3.05) is 6.61 Å². The minimum absolute atomic E-state index is 0.0130. The number of hydrogen-bond acceptors (Lipinski definition) is 3. The Bertz CT molecular complexity index is 708. The summed E-state index contributed by atoms with van der Waals surface area (Å²) in [5, 5.41) is 4.44. The van der Waals surface area contributed by atoms with E-state index in [9.17, 15) is 0 Å². The first kappa shape index (κ1) is 21.4. The minimum Gasteiger partial charge on any atom is -0.371 e. The first-order chi connectivity index (χ1) is 12.6. The predicted molar refractivity (Wildman–Crippen MR) is 112 cm³/mol. The number of nitrogens with zero attached hydrogens (tertiary/aromatic N) is 3. The van der Waals surface area contributed by atoms with E-state index in [1.165, 1.54) is 11.1 Å². The van der Waals surface area contributed by atoms with Crippen LogP contribution in [0.15, 0.2) is 49.6 Å². The van der Waals surface area contributed by atoms with Gasteiger partial charge in [0.2, 0.25) is 0 Å². The fraction of sp³-hybridized carbons (Fsp3) is 0.565. The lowest BCUT2D eigenvalue weighted by molar-refractivity contribution is -0.0437. The lowest BCUT2D eigenvalue weighted by Crippen LogP contribution is -2.38. The zero-order valence-electron chi connectivity index (χ0n) is 17.8. The number of aromatic nitrogens is 3. The highest BCUT2D eigenvalue weighted by Gasteiger charge is 2.34. The Hall–Kier alpha value is -1.94. The Kier molecular flexibility index (Phi) is 6.99. The molecular formula is C23H35N3O. The van der Waals surface area contributed by atoms with Crippen molar-refractivity contribution < 1.29 is 4.74 Å². The molecule has 1 aromatic carbocycles. The molecule has 0 aliphatic rings. The van der Waals surface area contributed by atoms with E-state index < -0.39 is 0 Å². The Morgan fingerprint density at radius 2 is 1.85 bits per heavy atom. The standard InChI is InChI=1S/C23H35N3O/c1-8-15-27-21(23(5,6)7)20(26-17-24-16-25-26)14-13-18-11-9-10-12-19(18)22(2,3)4/h8-12,16-17,20-21H,1,13-15H2,2-7H3. The number of rotatable bonds is 8. The van der Waals surface area contributed by atoms with Gasteiger partial charge >= 0.3 is 0 Å². The first-order valence-electron chi connectivity index (χ1n) is 9.79. The summed E-state index contributed by atoms with van der Waals surface area (Å²) in [6.07, 6.45) is 7.14. The van der Waals surface area contributed by atoms with Gasteiger partial charge < -0.3 is 4.74 Å². The molecule has 0 saturated carbocycles. The summed E-state index contributed by atoms with van der Waals surface area (Å²) in [5.41, 5.74) is 2.90. The SMILES string of the molecule is C=CCOC(C(CCc1ccccc1C(C)(C)C)n1cncn1)C(C)(C)C. The van der Waals surface area contributed by atoms with Gasteiger partial charge in [0.05, 0.1) is 18.8 Å². The molecule has 0 aliphatic heterocycles. The fourth-order valence-corrected chi connectivity index (χ4v) is 3.69. The van der Waals surface area contributed by atoms with Gasteiger partial charge in [-0.25, -0.2) is 9.67 Å². The van der Waals surface area contributed by atoms with E-state index in [4.69, 9.17) is 4.74 Å². The van der Waals surface area contributed by atoms with Crippen LogP contribution >= 0.6 is 0 Å². The maximum absolute atomic E-state index is 6.22. The van der Waals surface area contributed by atoms with Crippen LogP contribution in [0.2, 0.25) is 0 Å². The molecule has 0 radical (unpaired) electrons. The zero-order valence-corrected chi connectivity index (χ0v) is 17.8. The molecule has 0 bridgehead atoms. The fourth-order valence-electron chi connectivity index (χ4n) is 3.69. The largest absolute Gasteiger partial charge is 0.371 e. The minimum atomic E-state index is -0.0246. The summed E-state index contributed by atoms with van der Waals surface area (Å²) in [6, 6.07) is 8.86. The summed E-state index contributed by atoms with van der Waals surface area (Å²) in [7, 11) is 0. The molecule has 0 saturated heterocycles. The van der Waals surface area contributed by atoms with Gasteiger partial charge in [-0.15, -0.1) is 6.58 Å². The molecule has 2 atom stereocenters. The van der Waals surface area contributed by atoms with E-state index in [0.29, 0.717) is 6.61 Å². The van der Waals surface area contributed by atoms with Crippen LogP contribution in [0.5, 0.6) is 0 Å². The lowest BCUT2D eigenvalue weighted by Gasteiger charge is -2.37. The first-order valence-corrected chi connectivity index (χ1v) is 9.79. The molecule has 1 heterocycles. The molecule has 0 aliphatic carbocycles. The van der Waals surface area contributed by atoms with Gasteiger partial charge in [-0.2, -0.15) is 5.10 Å². The van der Waals surface area contributed by atoms with E-state index in [0.717, 1.165) is 12.8 Å². The van der Waals surface area contributed by atoms with Gasteiger partial charge in [-0.1, -0.05) is 71.9 Å². The lowest BCUT2D eigenvalue weighted by atomic mass is 9.80. The predicted octanol–water partition coefficient (Wildman–Crippen LogP) is 5.37. The van der Waals surface area contributed by atoms with Crippen molar-refractivity contribution in [2.45, 2.75) is 71.9 Å². The van der Waals surface area contributed by atoms with Gasteiger partial charge in [0, 0.05) is 0 Å². The van der Waals surface area contributed by atoms with E-state index in [2.05, 4.69) is 82.5 Å². The summed E-state index contributed by atoms with van der Waals surface area (Å²) < 4.78 is 8.18. The number of hydrogen-bond donors (Lipinski definition) is 0. The molecule has 4 nitrogen and oxygen atoms in total. The Morgan fingerprint density at radius 1 is 1.15 bits per heavy atom. The van der Waals surface area contributed by atoms with Gasteiger partial charge in [0.15, 0.2) is 0 Å². The Labute approximate surface area is 164 Å². The molecule has 4 heteroatoms. The summed E-state index contributed by atoms with van der Waals surface area (Å²) in [5.74, 6) is 0. The number of aryl methyl sites for hydroxylation is 1. The molecule has 1 aromatic heterocycles. The average molecular weight is 370 g/mol. The second kappa shape index (κ2) is 8.83. The molecule has 0 fully saturated rings. The molecular weight excluding hydrogens is 334 g/mol. The van der Waals surface area contributed by atoms with Crippen molar-refractivity contribution in [3.8, 4) is 0 Å². The third-order valence-corrected chi connectivity index (χ3v) is 4.91. The highest BCUT2D eigenvalue weighted by Crippen LogP contribution is 2.35. The highest BCUT2D eigenvalue weighted by molar-refractivity contribution is 5.33. The third kappa shape index (κ3) is 5.77. The second-order valence-electron chi connectivity index (χ2n) is 9.30. The number of benzene rings is 1. The van der Waals surface area contributed by atoms with Crippen molar-refractivity contribution in [3.63, 3.8) is 0 Å². The van der Waals surface area contributed by atoms with Crippen LogP contribution in [-0.2, 0) is 16.6 Å². The van der Waals surface area contributed by atoms with Crippen LogP contribution in [0.4, 0.5) is 0 Å². The average Bonchev–Trinajstić information content (AvgIpc) is 3.10. The van der Waals surface area contributed by atoms with Gasteiger partial charge in [-0.3, -0.25) is 0 Å². The molecule has 2 aromatic rings. The molecule has 27 heavy (non-hydrogen) atoms. The van der Waals surface area contributed by atoms with Crippen molar-refractivity contribution >= 4 is 0 Å². The molecule has 0 amide bonds. The Balaban J connectivity index is 2.30. The van der Waals surface area contributed by atoms with Crippen molar-refractivity contribution in [2.24, 2.45) is 5.41 Å². The van der Waals surface area contributed by atoms with Crippen LogP contribution in [0.25, 0.3) is 0 Å². The topological polar surface area (TPSA) is 39.9 Å². The van der Waals surface area contributed by atoms with Gasteiger partial charge in [-0.05, 0) is 34.8 Å². The molecule has 148 valence electrons. The molecule has 2 rings (SSSR count). The third-order valence-electron chi connectivity index (χ3n) is 4.91. The van der Waals surface area contributed by atoms with Crippen LogP contribution in [0, 0.1) is 5.41 Å². The monoisotopic (exact) mass is 369 g/mol. The van der Waals surface area contributed by atoms with E-state index >= 15 is 0 Å². The maximum Gasteiger partial charge on any atom is 0.137 e. The second-order valence-corrected chi connectivity index (χ2v) is 9.30. The van der Waals surface area contributed by atoms with Crippen molar-refractivity contribution in [1.29, 1.82) is 0 Å². The van der Waals surface area contributed by atoms with Crippen molar-refractivity contribution in [3.05, 3.63) is 60.7 Å².